The van der Waals surface area contributed by atoms with Crippen LogP contribution in [0.1, 0.15) is 18.5 Å². The number of hydrogen-bond acceptors (Lipinski definition) is 8. The van der Waals surface area contributed by atoms with Crippen molar-refractivity contribution in [1.82, 2.24) is 15.2 Å². The second-order valence-electron chi connectivity index (χ2n) is 6.09. The summed E-state index contributed by atoms with van der Waals surface area (Å²) in [5, 5.41) is 16.7. The van der Waals surface area contributed by atoms with Crippen LogP contribution in [0.15, 0.2) is 21.8 Å². The van der Waals surface area contributed by atoms with E-state index in [0.29, 0.717) is 4.90 Å². The number of carbonyl (C=O) groups is 3. The van der Waals surface area contributed by atoms with Crippen molar-refractivity contribution in [3.63, 3.8) is 0 Å². The summed E-state index contributed by atoms with van der Waals surface area (Å²) in [4.78, 5) is 45.3. The van der Waals surface area contributed by atoms with Crippen molar-refractivity contribution < 1.29 is 37.5 Å². The lowest BCUT2D eigenvalue weighted by atomic mass is 9.83. The molecule has 29 heavy (non-hydrogen) atoms. The number of β-lactam (4-membered cyclic amide) rings is 1. The minimum Gasteiger partial charge on any atom is -0.477 e. The maximum Gasteiger partial charge on any atom is 0.414 e. The molecule has 2 amide bonds. The summed E-state index contributed by atoms with van der Waals surface area (Å²) >= 11 is 1.04. The predicted octanol–water partition coefficient (Wildman–Crippen LogP) is 0.466. The molecular weight excluding hydrogens is 419 g/mol. The van der Waals surface area contributed by atoms with E-state index in [1.165, 1.54) is 12.5 Å². The normalized spacial score (nSPS) is 22.1. The molecule has 0 saturated carbocycles. The molecule has 0 unspecified atom stereocenters. The average molecular weight is 433 g/mol. The van der Waals surface area contributed by atoms with Gasteiger partial charge in [-0.2, -0.15) is 13.2 Å². The van der Waals surface area contributed by atoms with Gasteiger partial charge in [-0.05, 0) is 12.8 Å². The number of alkyl halides is 3. The number of nitrogens with two attached hydrogens (primary N) is 1. The fourth-order valence-corrected chi connectivity index (χ4v) is 3.79. The Labute approximate surface area is 164 Å². The van der Waals surface area contributed by atoms with E-state index in [1.807, 2.05) is 0 Å². The van der Waals surface area contributed by atoms with Crippen LogP contribution in [0.3, 0.4) is 0 Å². The van der Waals surface area contributed by atoms with Gasteiger partial charge in [0.15, 0.2) is 10.8 Å². The number of carboxylic acids is 1. The van der Waals surface area contributed by atoms with Crippen LogP contribution in [-0.4, -0.2) is 63.9 Å². The first-order valence-corrected chi connectivity index (χ1v) is 8.94. The fourth-order valence-electron chi connectivity index (χ4n) is 3.24. The van der Waals surface area contributed by atoms with Crippen molar-refractivity contribution in [2.75, 3.05) is 12.8 Å². The second-order valence-corrected chi connectivity index (χ2v) is 6.98. The number of aliphatic carboxylic acids is 1. The Morgan fingerprint density at radius 2 is 2.17 bits per heavy atom. The van der Waals surface area contributed by atoms with Crippen molar-refractivity contribution in [2.24, 2.45) is 5.16 Å². The maximum atomic E-state index is 13.1. The number of anilines is 1. The first-order chi connectivity index (χ1) is 13.6. The lowest BCUT2D eigenvalue weighted by molar-refractivity contribution is -0.158. The summed E-state index contributed by atoms with van der Waals surface area (Å²) in [6, 6.07) is -2.13. The molecule has 1 saturated heterocycles. The summed E-state index contributed by atoms with van der Waals surface area (Å²) in [5.74, 6) is -3.69. The van der Waals surface area contributed by atoms with E-state index in [2.05, 4.69) is 20.3 Å². The molecule has 2 aliphatic heterocycles. The Hall–Kier alpha value is -3.16. The molecule has 14 heteroatoms. The van der Waals surface area contributed by atoms with Gasteiger partial charge in [0, 0.05) is 5.38 Å². The van der Waals surface area contributed by atoms with Gasteiger partial charge < -0.3 is 21.0 Å². The third-order valence-corrected chi connectivity index (χ3v) is 5.10. The summed E-state index contributed by atoms with van der Waals surface area (Å²) in [6.45, 7) is 0. The third kappa shape index (κ3) is 3.62. The lowest BCUT2D eigenvalue weighted by Crippen LogP contribution is -2.72. The van der Waals surface area contributed by atoms with Crippen molar-refractivity contribution in [1.29, 1.82) is 0 Å². The number of aromatic nitrogens is 1. The fraction of sp³-hybridized carbons (Fsp3) is 0.400. The highest BCUT2D eigenvalue weighted by molar-refractivity contribution is 7.13. The highest BCUT2D eigenvalue weighted by Gasteiger charge is 2.56. The van der Waals surface area contributed by atoms with E-state index >= 15 is 0 Å². The summed E-state index contributed by atoms with van der Waals surface area (Å²) in [5.41, 5.74) is 2.93. The van der Waals surface area contributed by atoms with Crippen LogP contribution in [0.25, 0.3) is 0 Å². The number of fused-ring (bicyclic) bond motifs is 1. The number of nitrogens with zero attached hydrogens (tertiary/aromatic N) is 3. The molecular formula is C15H14F3N5O5S. The quantitative estimate of drug-likeness (QED) is 0.347. The number of amides is 2. The van der Waals surface area contributed by atoms with Crippen LogP contribution >= 0.6 is 11.3 Å². The molecule has 3 rings (SSSR count). The van der Waals surface area contributed by atoms with Crippen LogP contribution in [-0.2, 0) is 19.2 Å². The van der Waals surface area contributed by atoms with Crippen LogP contribution in [0, 0.1) is 0 Å². The van der Waals surface area contributed by atoms with Gasteiger partial charge in [0.1, 0.15) is 24.5 Å². The molecule has 156 valence electrons. The van der Waals surface area contributed by atoms with E-state index in [-0.39, 0.29) is 23.0 Å². The summed E-state index contributed by atoms with van der Waals surface area (Å²) < 4.78 is 39.3. The Morgan fingerprint density at radius 1 is 1.48 bits per heavy atom. The predicted molar refractivity (Wildman–Crippen MR) is 92.6 cm³/mol. The number of carboxylic acid groups (broad SMARTS) is 1. The van der Waals surface area contributed by atoms with E-state index in [0.717, 1.165) is 11.3 Å². The number of allylic oxidation sites excluding steroid dienone is 1. The van der Waals surface area contributed by atoms with Crippen molar-refractivity contribution in [3.05, 3.63) is 22.3 Å². The molecule has 3 heterocycles. The van der Waals surface area contributed by atoms with E-state index in [9.17, 15) is 32.7 Å². The minimum absolute atomic E-state index is 0.0876. The van der Waals surface area contributed by atoms with Gasteiger partial charge in [0.2, 0.25) is 0 Å². The van der Waals surface area contributed by atoms with E-state index in [1.54, 1.807) is 0 Å². The molecule has 2 atom stereocenters. The van der Waals surface area contributed by atoms with Gasteiger partial charge in [0.25, 0.3) is 11.8 Å². The largest absolute Gasteiger partial charge is 0.477 e. The lowest BCUT2D eigenvalue weighted by Gasteiger charge is -2.50. The molecule has 4 N–H and O–H groups in total. The smallest absolute Gasteiger partial charge is 0.414 e. The highest BCUT2D eigenvalue weighted by Crippen LogP contribution is 2.42. The molecule has 10 nitrogen and oxygen atoms in total. The van der Waals surface area contributed by atoms with E-state index in [4.69, 9.17) is 5.73 Å². The number of thiazole rings is 1. The number of oxime groups is 1. The molecule has 0 spiro atoms. The molecule has 1 aromatic rings. The first-order valence-electron chi connectivity index (χ1n) is 8.06. The average Bonchev–Trinajstić information content (AvgIpc) is 3.07. The monoisotopic (exact) mass is 433 g/mol. The molecule has 1 aromatic heterocycles. The standard InChI is InChI=1S/C15H14F3N5O5S/c1-28-22-8(6-4-29-14(19)20-6)11(24)21-9-7-3-2-5(15(16,17)18)10(13(26)27)23(7)12(9)25/h4,7,9H,2-3H2,1H3,(H2,19,20)(H,21,24)(H,26,27)/b22-8-/t7-,9+/m1/s1. The van der Waals surface area contributed by atoms with Gasteiger partial charge in [-0.25, -0.2) is 9.78 Å². The minimum atomic E-state index is -4.88. The topological polar surface area (TPSA) is 147 Å². The first kappa shape index (κ1) is 20.6. The molecule has 0 radical (unpaired) electrons. The van der Waals surface area contributed by atoms with Gasteiger partial charge in [-0.1, -0.05) is 5.16 Å². The molecule has 0 bridgehead atoms. The maximum absolute atomic E-state index is 13.1. The number of carbonyl (C=O) groups excluding carboxylic acids is 2. The number of nitrogens with one attached hydrogen (secondary N) is 1. The zero-order valence-electron chi connectivity index (χ0n) is 14.7. The molecule has 1 fully saturated rings. The van der Waals surface area contributed by atoms with Gasteiger partial charge in [0.05, 0.1) is 11.6 Å². The van der Waals surface area contributed by atoms with Gasteiger partial charge >= 0.3 is 12.1 Å². The van der Waals surface area contributed by atoms with Crippen molar-refractivity contribution >= 4 is 40.0 Å². The Balaban J connectivity index is 1.83. The SMILES string of the molecule is CO/N=C(\C(=O)N[C@@H]1C(=O)N2C(C(=O)O)=C(C(F)(F)F)CC[C@H]12)c1csc(N)n1. The van der Waals surface area contributed by atoms with Crippen molar-refractivity contribution in [2.45, 2.75) is 31.1 Å². The molecule has 0 aliphatic carbocycles. The number of rotatable bonds is 5. The van der Waals surface area contributed by atoms with Gasteiger partial charge in [-0.3, -0.25) is 14.5 Å². The Kier molecular flexibility index (Phi) is 5.21. The van der Waals surface area contributed by atoms with Crippen LogP contribution < -0.4 is 11.1 Å². The molecule has 0 aromatic carbocycles. The van der Waals surface area contributed by atoms with Crippen LogP contribution in [0.4, 0.5) is 18.3 Å². The zero-order chi connectivity index (χ0) is 21.5. The second kappa shape index (κ2) is 7.35. The summed E-state index contributed by atoms with van der Waals surface area (Å²) in [7, 11) is 1.18. The number of nitrogen functional groups attached to an aromatic ring is 1. The number of halogens is 3. The highest BCUT2D eigenvalue weighted by atomic mass is 32.1. The summed E-state index contributed by atoms with van der Waals surface area (Å²) in [6.07, 6.45) is -5.63. The van der Waals surface area contributed by atoms with Crippen molar-refractivity contribution in [3.8, 4) is 0 Å². The van der Waals surface area contributed by atoms with E-state index < -0.39 is 53.7 Å². The molecule has 2 aliphatic rings. The van der Waals surface area contributed by atoms with Crippen LogP contribution in [0.2, 0.25) is 0 Å². The van der Waals surface area contributed by atoms with Gasteiger partial charge in [-0.15, -0.1) is 11.3 Å². The third-order valence-electron chi connectivity index (χ3n) is 4.43. The van der Waals surface area contributed by atoms with Crippen LogP contribution in [0.5, 0.6) is 0 Å². The Bertz CT molecular complexity index is 941. The number of hydrogen-bond donors (Lipinski definition) is 3. The Morgan fingerprint density at radius 3 is 2.69 bits per heavy atom. The zero-order valence-corrected chi connectivity index (χ0v) is 15.5.